The van der Waals surface area contributed by atoms with Gasteiger partial charge in [-0.05, 0) is 38.1 Å². The lowest BCUT2D eigenvalue weighted by molar-refractivity contribution is 0.0599. The maximum Gasteiger partial charge on any atom is 0.295 e. The molecule has 1 aromatic rings. The largest absolute Gasteiger partial charge is 0.384 e. The maximum atomic E-state index is 12.4. The van der Waals surface area contributed by atoms with E-state index in [0.717, 1.165) is 51.9 Å². The Bertz CT molecular complexity index is 476. The second-order valence-corrected chi connectivity index (χ2v) is 5.80. The van der Waals surface area contributed by atoms with Gasteiger partial charge in [0.1, 0.15) is 0 Å². The van der Waals surface area contributed by atoms with Gasteiger partial charge in [0.2, 0.25) is 5.89 Å². The first-order valence-corrected chi connectivity index (χ1v) is 7.63. The molecule has 3 rings (SSSR count). The van der Waals surface area contributed by atoms with Gasteiger partial charge in [-0.1, -0.05) is 5.16 Å². The van der Waals surface area contributed by atoms with Gasteiger partial charge in [0.15, 0.2) is 0 Å². The number of likely N-dealkylation sites (tertiary alicyclic amines) is 1. The molecular formula is C14H22N4O3. The summed E-state index contributed by atoms with van der Waals surface area (Å²) in [7, 11) is 1.72. The average molecular weight is 294 g/mol. The molecule has 0 spiro atoms. The Morgan fingerprint density at radius 3 is 2.90 bits per heavy atom. The molecule has 2 saturated heterocycles. The summed E-state index contributed by atoms with van der Waals surface area (Å²) in [4.78, 5) is 18.5. The average Bonchev–Trinajstić information content (AvgIpc) is 3.19. The predicted molar refractivity (Wildman–Crippen MR) is 74.8 cm³/mol. The van der Waals surface area contributed by atoms with E-state index in [4.69, 9.17) is 9.26 Å². The van der Waals surface area contributed by atoms with Gasteiger partial charge in [-0.2, -0.15) is 4.98 Å². The van der Waals surface area contributed by atoms with Gasteiger partial charge >= 0.3 is 0 Å². The molecule has 7 heteroatoms. The van der Waals surface area contributed by atoms with Crippen LogP contribution in [0.5, 0.6) is 0 Å². The zero-order valence-corrected chi connectivity index (χ0v) is 12.4. The minimum Gasteiger partial charge on any atom is -0.384 e. The van der Waals surface area contributed by atoms with Crippen LogP contribution in [0.3, 0.4) is 0 Å². The van der Waals surface area contributed by atoms with E-state index in [1.165, 1.54) is 0 Å². The van der Waals surface area contributed by atoms with Crippen molar-refractivity contribution in [2.24, 2.45) is 5.92 Å². The summed E-state index contributed by atoms with van der Waals surface area (Å²) >= 11 is 0. The van der Waals surface area contributed by atoms with E-state index < -0.39 is 0 Å². The van der Waals surface area contributed by atoms with Crippen molar-refractivity contribution in [1.29, 1.82) is 0 Å². The van der Waals surface area contributed by atoms with Crippen LogP contribution in [-0.4, -0.2) is 54.3 Å². The van der Waals surface area contributed by atoms with Crippen molar-refractivity contribution in [2.75, 3.05) is 33.4 Å². The highest BCUT2D eigenvalue weighted by molar-refractivity contribution is 5.90. The fraction of sp³-hybridized carbons (Fsp3) is 0.786. The van der Waals surface area contributed by atoms with Crippen LogP contribution in [0.2, 0.25) is 0 Å². The highest BCUT2D eigenvalue weighted by Crippen LogP contribution is 2.22. The zero-order valence-electron chi connectivity index (χ0n) is 12.4. The smallest absolute Gasteiger partial charge is 0.295 e. The van der Waals surface area contributed by atoms with Gasteiger partial charge in [0.25, 0.3) is 11.7 Å². The van der Waals surface area contributed by atoms with Crippen LogP contribution in [0.15, 0.2) is 4.52 Å². The Morgan fingerprint density at radius 2 is 2.24 bits per heavy atom. The fourth-order valence-corrected chi connectivity index (χ4v) is 3.04. The van der Waals surface area contributed by atoms with Gasteiger partial charge in [-0.3, -0.25) is 4.79 Å². The first-order chi connectivity index (χ1) is 10.3. The van der Waals surface area contributed by atoms with E-state index in [9.17, 15) is 4.79 Å². The predicted octanol–water partition coefficient (Wildman–Crippen LogP) is 0.993. The Labute approximate surface area is 124 Å². The van der Waals surface area contributed by atoms with Crippen molar-refractivity contribution >= 4 is 5.91 Å². The fourth-order valence-electron chi connectivity index (χ4n) is 3.04. The number of ether oxygens (including phenoxy) is 1. The topological polar surface area (TPSA) is 80.5 Å². The summed E-state index contributed by atoms with van der Waals surface area (Å²) in [6.07, 6.45) is 4.02. The second kappa shape index (κ2) is 6.53. The monoisotopic (exact) mass is 294 g/mol. The van der Waals surface area contributed by atoms with Crippen LogP contribution in [0.1, 0.15) is 48.2 Å². The molecule has 0 bridgehead atoms. The molecule has 0 saturated carbocycles. The van der Waals surface area contributed by atoms with Crippen molar-refractivity contribution in [3.05, 3.63) is 11.7 Å². The summed E-state index contributed by atoms with van der Waals surface area (Å²) in [5, 5.41) is 7.14. The molecule has 2 aliphatic heterocycles. The zero-order chi connectivity index (χ0) is 14.7. The minimum absolute atomic E-state index is 0.103. The lowest BCUT2D eigenvalue weighted by Gasteiger charge is -2.30. The molecule has 7 nitrogen and oxygen atoms in total. The Balaban J connectivity index is 1.58. The van der Waals surface area contributed by atoms with Crippen LogP contribution < -0.4 is 5.32 Å². The number of rotatable bonds is 4. The molecule has 1 aromatic heterocycles. The van der Waals surface area contributed by atoms with E-state index in [1.807, 2.05) is 4.90 Å². The number of carbonyl (C=O) groups excluding carboxylic acids is 1. The van der Waals surface area contributed by atoms with Crippen LogP contribution in [0, 0.1) is 5.92 Å². The molecule has 1 N–H and O–H groups in total. The molecule has 1 atom stereocenters. The molecule has 21 heavy (non-hydrogen) atoms. The number of piperidine rings is 1. The van der Waals surface area contributed by atoms with Gasteiger partial charge in [-0.15, -0.1) is 0 Å². The Morgan fingerprint density at radius 1 is 1.43 bits per heavy atom. The quantitative estimate of drug-likeness (QED) is 0.892. The molecule has 2 fully saturated rings. The first-order valence-electron chi connectivity index (χ1n) is 7.63. The molecule has 0 aromatic carbocycles. The first kappa shape index (κ1) is 14.5. The van der Waals surface area contributed by atoms with Crippen LogP contribution in [0.4, 0.5) is 0 Å². The van der Waals surface area contributed by atoms with Crippen molar-refractivity contribution in [3.8, 4) is 0 Å². The maximum absolute atomic E-state index is 12.4. The van der Waals surface area contributed by atoms with Crippen LogP contribution in [0.25, 0.3) is 0 Å². The third kappa shape index (κ3) is 3.24. The highest BCUT2D eigenvalue weighted by Gasteiger charge is 2.28. The van der Waals surface area contributed by atoms with E-state index in [1.54, 1.807) is 7.11 Å². The number of aromatic nitrogens is 2. The summed E-state index contributed by atoms with van der Waals surface area (Å²) in [5.74, 6) is 1.13. The Kier molecular flexibility index (Phi) is 4.50. The van der Waals surface area contributed by atoms with Crippen molar-refractivity contribution in [2.45, 2.75) is 31.7 Å². The summed E-state index contributed by atoms with van der Waals surface area (Å²) in [6, 6.07) is 0.103. The van der Waals surface area contributed by atoms with Crippen molar-refractivity contribution < 1.29 is 14.1 Å². The summed E-state index contributed by atoms with van der Waals surface area (Å²) in [6.45, 7) is 3.20. The molecule has 2 aliphatic rings. The number of hydrogen-bond acceptors (Lipinski definition) is 6. The van der Waals surface area contributed by atoms with Crippen LogP contribution >= 0.6 is 0 Å². The number of hydrogen-bond donors (Lipinski definition) is 1. The van der Waals surface area contributed by atoms with E-state index in [2.05, 4.69) is 15.5 Å². The number of amides is 1. The molecule has 1 amide bonds. The van der Waals surface area contributed by atoms with Gasteiger partial charge in [-0.25, -0.2) is 0 Å². The highest BCUT2D eigenvalue weighted by atomic mass is 16.5. The van der Waals surface area contributed by atoms with E-state index in [-0.39, 0.29) is 17.8 Å². The lowest BCUT2D eigenvalue weighted by Crippen LogP contribution is -2.39. The summed E-state index contributed by atoms with van der Waals surface area (Å²) in [5.41, 5.74) is 0. The minimum atomic E-state index is -0.126. The van der Waals surface area contributed by atoms with Gasteiger partial charge in [0, 0.05) is 26.8 Å². The molecule has 116 valence electrons. The van der Waals surface area contributed by atoms with Crippen LogP contribution in [-0.2, 0) is 4.74 Å². The molecule has 3 heterocycles. The number of nitrogens with one attached hydrogen (secondary N) is 1. The van der Waals surface area contributed by atoms with Crippen molar-refractivity contribution in [3.63, 3.8) is 0 Å². The lowest BCUT2D eigenvalue weighted by atomic mass is 9.98. The van der Waals surface area contributed by atoms with Crippen molar-refractivity contribution in [1.82, 2.24) is 20.4 Å². The normalized spacial score (nSPS) is 23.7. The van der Waals surface area contributed by atoms with E-state index >= 15 is 0 Å². The third-order valence-electron chi connectivity index (χ3n) is 4.30. The number of nitrogens with zero attached hydrogens (tertiary/aromatic N) is 3. The van der Waals surface area contributed by atoms with Gasteiger partial charge < -0.3 is 19.5 Å². The van der Waals surface area contributed by atoms with Gasteiger partial charge in [0.05, 0.1) is 6.04 Å². The number of carbonyl (C=O) groups is 1. The SMILES string of the molecule is COCC1CCN(C(=O)c2noc(C3CCCN3)n2)CC1. The standard InChI is InChI=1S/C14H22N4O3/c1-20-9-10-4-7-18(8-5-10)14(19)12-16-13(21-17-12)11-3-2-6-15-11/h10-11,15H,2-9H2,1H3. The van der Waals surface area contributed by atoms with E-state index in [0.29, 0.717) is 11.8 Å². The Hall–Kier alpha value is -1.47. The third-order valence-corrected chi connectivity index (χ3v) is 4.30. The molecule has 0 aliphatic carbocycles. The molecule has 0 radical (unpaired) electrons. The summed E-state index contributed by atoms with van der Waals surface area (Å²) < 4.78 is 10.4. The molecule has 1 unspecified atom stereocenters. The second-order valence-electron chi connectivity index (χ2n) is 5.80. The molecular weight excluding hydrogens is 272 g/mol. The number of methoxy groups -OCH3 is 1.